The number of guanidine groups is 1. The Kier molecular flexibility index (Phi) is 7.93. The van der Waals surface area contributed by atoms with Crippen molar-refractivity contribution in [2.24, 2.45) is 27.5 Å². The zero-order valence-electron chi connectivity index (χ0n) is 22.3. The van der Waals surface area contributed by atoms with E-state index in [0.717, 1.165) is 16.1 Å². The number of nitrogens with two attached hydrogens (primary N) is 3. The van der Waals surface area contributed by atoms with Crippen molar-refractivity contribution < 1.29 is 37.3 Å². The van der Waals surface area contributed by atoms with Gasteiger partial charge in [0, 0.05) is 37.2 Å². The van der Waals surface area contributed by atoms with Crippen LogP contribution >= 0.6 is 11.3 Å². The zero-order valence-corrected chi connectivity index (χ0v) is 23.9. The highest BCUT2D eigenvalue weighted by atomic mass is 32.2. The van der Waals surface area contributed by atoms with Crippen LogP contribution in [0.25, 0.3) is 0 Å². The molecule has 0 bridgehead atoms. The quantitative estimate of drug-likeness (QED) is 0.0432. The van der Waals surface area contributed by atoms with Crippen LogP contribution in [0.4, 0.5) is 5.13 Å². The molecule has 43 heavy (non-hydrogen) atoms. The third-order valence-corrected chi connectivity index (χ3v) is 8.66. The minimum Gasteiger partial charge on any atom is -0.478 e. The predicted octanol–water partition coefficient (Wildman–Crippen LogP) is -3.44. The molecule has 4 heterocycles. The molecule has 3 fully saturated rings. The van der Waals surface area contributed by atoms with Crippen LogP contribution in [0.15, 0.2) is 21.7 Å². The number of carbonyl (C=O) groups excluding carboxylic acids is 2. The Bertz CT molecular complexity index is 1590. The summed E-state index contributed by atoms with van der Waals surface area (Å²) in [7, 11) is -5.02. The van der Waals surface area contributed by atoms with E-state index in [9.17, 15) is 32.5 Å². The van der Waals surface area contributed by atoms with E-state index in [1.54, 1.807) is 0 Å². The van der Waals surface area contributed by atoms with Gasteiger partial charge < -0.3 is 37.4 Å². The SMILES string of the molecule is NCC1CN(C(N)=NCc2cnn(C[C@@H]3[C@H](NC(=O)/C(=N/OC4(C(=O)O)CC4)c4csc(N)n4)C(=O)N3S(=O)(=O)O)n2)C1. The van der Waals surface area contributed by atoms with Gasteiger partial charge in [-0.3, -0.25) is 14.1 Å². The van der Waals surface area contributed by atoms with Gasteiger partial charge in [-0.25, -0.2) is 19.1 Å². The molecule has 1 saturated carbocycles. The fourth-order valence-corrected chi connectivity index (χ4v) is 5.79. The van der Waals surface area contributed by atoms with Crippen molar-refractivity contribution >= 4 is 56.2 Å². The van der Waals surface area contributed by atoms with Crippen LogP contribution in [0.3, 0.4) is 0 Å². The lowest BCUT2D eigenvalue weighted by atomic mass is 9.98. The lowest BCUT2D eigenvalue weighted by Crippen LogP contribution is -2.73. The smallest absolute Gasteiger partial charge is 0.362 e. The average Bonchev–Trinajstić information content (AvgIpc) is 3.38. The first kappa shape index (κ1) is 30.1. The maximum atomic E-state index is 13.2. The lowest BCUT2D eigenvalue weighted by Gasteiger charge is -2.43. The molecule has 232 valence electrons. The number of aliphatic carboxylic acids is 1. The minimum absolute atomic E-state index is 0.0638. The molecule has 5 rings (SSSR count). The van der Waals surface area contributed by atoms with E-state index < -0.39 is 51.5 Å². The number of anilines is 1. The molecule has 2 atom stereocenters. The zero-order chi connectivity index (χ0) is 31.1. The number of rotatable bonds is 12. The molecule has 2 amide bonds. The second-order valence-electron chi connectivity index (χ2n) is 10.1. The molecule has 0 aromatic carbocycles. The highest BCUT2D eigenvalue weighted by molar-refractivity contribution is 7.84. The minimum atomic E-state index is -5.02. The third-order valence-electron chi connectivity index (χ3n) is 7.04. The Morgan fingerprint density at radius 1 is 1.30 bits per heavy atom. The number of nitrogens with one attached hydrogen (secondary N) is 1. The third kappa shape index (κ3) is 6.21. The van der Waals surface area contributed by atoms with Gasteiger partial charge in [0.2, 0.25) is 5.60 Å². The van der Waals surface area contributed by atoms with Crippen molar-refractivity contribution in [2.75, 3.05) is 25.4 Å². The van der Waals surface area contributed by atoms with Crippen molar-refractivity contribution in [1.29, 1.82) is 0 Å². The van der Waals surface area contributed by atoms with Crippen LogP contribution in [0.1, 0.15) is 24.2 Å². The molecule has 0 radical (unpaired) electrons. The summed E-state index contributed by atoms with van der Waals surface area (Å²) >= 11 is 0.968. The Labute approximate surface area is 247 Å². The number of likely N-dealkylation sites (tertiary alicyclic amines) is 1. The van der Waals surface area contributed by atoms with Crippen molar-refractivity contribution in [1.82, 2.24) is 34.5 Å². The average molecular weight is 641 g/mol. The summed E-state index contributed by atoms with van der Waals surface area (Å²) in [6, 6.07) is -2.82. The Hall–Kier alpha value is -4.41. The number of nitrogen functional groups attached to an aromatic ring is 1. The Morgan fingerprint density at radius 2 is 2.02 bits per heavy atom. The second kappa shape index (κ2) is 11.3. The molecule has 0 unspecified atom stereocenters. The Balaban J connectivity index is 1.30. The van der Waals surface area contributed by atoms with Crippen molar-refractivity contribution in [3.63, 3.8) is 0 Å². The molecule has 22 heteroatoms. The molecule has 2 aromatic heterocycles. The first-order valence-electron chi connectivity index (χ1n) is 12.8. The van der Waals surface area contributed by atoms with Crippen LogP contribution in [-0.2, 0) is 42.6 Å². The van der Waals surface area contributed by atoms with Crippen LogP contribution in [0.5, 0.6) is 0 Å². The summed E-state index contributed by atoms with van der Waals surface area (Å²) < 4.78 is 33.7. The number of hydrogen-bond donors (Lipinski definition) is 6. The molecular weight excluding hydrogens is 612 g/mol. The largest absolute Gasteiger partial charge is 0.478 e. The highest BCUT2D eigenvalue weighted by Crippen LogP contribution is 2.40. The molecule has 9 N–H and O–H groups in total. The number of hydrogen-bond acceptors (Lipinski definition) is 14. The molecule has 3 aliphatic rings. The van der Waals surface area contributed by atoms with Crippen LogP contribution in [-0.4, -0.2) is 114 Å². The van der Waals surface area contributed by atoms with Crippen molar-refractivity contribution in [3.8, 4) is 0 Å². The summed E-state index contributed by atoms with van der Waals surface area (Å²) in [5, 5.41) is 25.1. The number of aromatic nitrogens is 4. The van der Waals surface area contributed by atoms with Crippen molar-refractivity contribution in [2.45, 2.75) is 43.6 Å². The predicted molar refractivity (Wildman–Crippen MR) is 147 cm³/mol. The topological polar surface area (TPSA) is 300 Å². The molecule has 1 aliphatic carbocycles. The number of oxime groups is 1. The first-order valence-corrected chi connectivity index (χ1v) is 15.1. The van der Waals surface area contributed by atoms with E-state index >= 15 is 0 Å². The van der Waals surface area contributed by atoms with Gasteiger partial charge in [0.15, 0.2) is 16.8 Å². The van der Waals surface area contributed by atoms with E-state index in [4.69, 9.17) is 22.0 Å². The molecule has 0 spiro atoms. The number of carbonyl (C=O) groups is 3. The fourth-order valence-electron chi connectivity index (χ4n) is 4.37. The number of β-lactam (4-membered cyclic amide) rings is 1. The van der Waals surface area contributed by atoms with E-state index in [1.807, 2.05) is 4.90 Å². The van der Waals surface area contributed by atoms with Gasteiger partial charge >= 0.3 is 16.3 Å². The highest BCUT2D eigenvalue weighted by Gasteiger charge is 2.56. The van der Waals surface area contributed by atoms with E-state index in [-0.39, 0.29) is 41.1 Å². The van der Waals surface area contributed by atoms with Crippen LogP contribution in [0.2, 0.25) is 0 Å². The lowest BCUT2D eigenvalue weighted by molar-refractivity contribution is -0.153. The van der Waals surface area contributed by atoms with Crippen LogP contribution < -0.4 is 22.5 Å². The van der Waals surface area contributed by atoms with E-state index in [1.165, 1.54) is 11.6 Å². The standard InChI is InChI=1S/C21H28N12O8S2/c22-3-10-6-31(7-10)19(23)25-4-11-5-26-32(29-11)8-13-15(17(35)33(13)43(38,39)40)28-16(34)14(12-9-42-20(24)27-12)30-41-21(1-2-21)18(36)37/h5,9-10,13,15H,1-4,6-8,22H2,(H2,23,25)(H2,24,27)(H,28,34)(H,36,37)(H,38,39,40)/b30-14+/t13-,15+/m1/s1. The molecule has 2 aromatic rings. The number of aliphatic imine (C=N–C) groups is 1. The van der Waals surface area contributed by atoms with Gasteiger partial charge in [0.05, 0.1) is 19.3 Å². The molecule has 20 nitrogen and oxygen atoms in total. The van der Waals surface area contributed by atoms with Crippen LogP contribution in [0, 0.1) is 5.92 Å². The molecule has 2 aliphatic heterocycles. The maximum Gasteiger partial charge on any atom is 0.362 e. The summed E-state index contributed by atoms with van der Waals surface area (Å²) in [6.07, 6.45) is 1.69. The summed E-state index contributed by atoms with van der Waals surface area (Å²) in [5.41, 5.74) is 15.5. The monoisotopic (exact) mass is 640 g/mol. The molecule has 2 saturated heterocycles. The van der Waals surface area contributed by atoms with Gasteiger partial charge in [-0.2, -0.15) is 23.4 Å². The summed E-state index contributed by atoms with van der Waals surface area (Å²) in [4.78, 5) is 53.8. The second-order valence-corrected chi connectivity index (χ2v) is 12.3. The number of nitrogens with zero attached hydrogens (tertiary/aromatic N) is 8. The van der Waals surface area contributed by atoms with Gasteiger partial charge in [-0.05, 0) is 6.54 Å². The maximum absolute atomic E-state index is 13.2. The number of carboxylic acid groups (broad SMARTS) is 1. The van der Waals surface area contributed by atoms with Gasteiger partial charge in [-0.15, -0.1) is 11.3 Å². The van der Waals surface area contributed by atoms with Gasteiger partial charge in [-0.1, -0.05) is 5.16 Å². The summed E-state index contributed by atoms with van der Waals surface area (Å²) in [5.74, 6) is -2.78. The normalized spacial score (nSPS) is 22.1. The van der Waals surface area contributed by atoms with Gasteiger partial charge in [0.25, 0.3) is 11.8 Å². The molecular formula is C21H28N12O8S2. The van der Waals surface area contributed by atoms with E-state index in [2.05, 4.69) is 30.6 Å². The number of thiazole rings is 1. The van der Waals surface area contributed by atoms with E-state index in [0.29, 0.717) is 37.2 Å². The summed E-state index contributed by atoms with van der Waals surface area (Å²) in [6.45, 7) is 1.66. The van der Waals surface area contributed by atoms with Crippen molar-refractivity contribution in [3.05, 3.63) is 23.0 Å². The Morgan fingerprint density at radius 3 is 2.60 bits per heavy atom. The fraction of sp³-hybridized carbons (Fsp3) is 0.524. The van der Waals surface area contributed by atoms with Gasteiger partial charge in [0.1, 0.15) is 23.5 Å². The number of carboxylic acids is 1. The number of amides is 2. The first-order chi connectivity index (χ1) is 20.3.